The van der Waals surface area contributed by atoms with Crippen LogP contribution in [0.25, 0.3) is 11.1 Å². The molecule has 3 aromatic carbocycles. The Bertz CT molecular complexity index is 1240. The van der Waals surface area contributed by atoms with E-state index in [1.165, 1.54) is 18.2 Å². The zero-order valence-corrected chi connectivity index (χ0v) is 18.0. The van der Waals surface area contributed by atoms with E-state index in [1.807, 2.05) is 0 Å². The number of sulfonamides is 1. The Morgan fingerprint density at radius 2 is 1.69 bits per heavy atom. The molecule has 168 valence electrons. The number of carbonyl (C=O) groups is 1. The number of benzene rings is 3. The van der Waals surface area contributed by atoms with Gasteiger partial charge in [0.05, 0.1) is 28.8 Å². The minimum Gasteiger partial charge on any atom is -0.465 e. The van der Waals surface area contributed by atoms with Crippen LogP contribution in [-0.2, 0) is 27.4 Å². The van der Waals surface area contributed by atoms with Crippen LogP contribution in [-0.4, -0.2) is 21.5 Å². The van der Waals surface area contributed by atoms with Crippen molar-refractivity contribution in [2.75, 3.05) is 11.8 Å². The molecule has 0 saturated carbocycles. The number of halogens is 3. The fourth-order valence-corrected chi connectivity index (χ4v) is 4.62. The molecule has 0 saturated heterocycles. The Kier molecular flexibility index (Phi) is 6.59. The van der Waals surface area contributed by atoms with Gasteiger partial charge >= 0.3 is 12.1 Å². The van der Waals surface area contributed by atoms with Gasteiger partial charge in [0.1, 0.15) is 0 Å². The summed E-state index contributed by atoms with van der Waals surface area (Å²) in [6, 6.07) is 15.4. The normalized spacial score (nSPS) is 11.8. The van der Waals surface area contributed by atoms with Crippen LogP contribution in [0.2, 0.25) is 0 Å². The largest absolute Gasteiger partial charge is 0.465 e. The van der Waals surface area contributed by atoms with E-state index < -0.39 is 27.7 Å². The predicted octanol–water partition coefficient (Wildman–Crippen LogP) is 5.52. The van der Waals surface area contributed by atoms with Gasteiger partial charge in [0, 0.05) is 5.56 Å². The molecular formula is C23H20F3NO4S. The summed E-state index contributed by atoms with van der Waals surface area (Å²) < 4.78 is 73.4. The zero-order valence-electron chi connectivity index (χ0n) is 17.2. The van der Waals surface area contributed by atoms with Crippen LogP contribution in [0.5, 0.6) is 0 Å². The number of rotatable bonds is 6. The van der Waals surface area contributed by atoms with E-state index >= 15 is 0 Å². The first-order valence-electron chi connectivity index (χ1n) is 9.57. The molecule has 0 atom stereocenters. The van der Waals surface area contributed by atoms with Gasteiger partial charge in [-0.2, -0.15) is 13.2 Å². The molecule has 32 heavy (non-hydrogen) atoms. The van der Waals surface area contributed by atoms with Crippen molar-refractivity contribution in [3.8, 4) is 11.1 Å². The fraction of sp³-hybridized carbons (Fsp3) is 0.174. The van der Waals surface area contributed by atoms with Crippen LogP contribution in [0.15, 0.2) is 71.6 Å². The van der Waals surface area contributed by atoms with E-state index in [0.717, 1.165) is 25.3 Å². The third kappa shape index (κ3) is 4.94. The van der Waals surface area contributed by atoms with E-state index in [-0.39, 0.29) is 21.7 Å². The monoisotopic (exact) mass is 463 g/mol. The van der Waals surface area contributed by atoms with E-state index in [1.54, 1.807) is 37.3 Å². The van der Waals surface area contributed by atoms with Gasteiger partial charge in [-0.15, -0.1) is 0 Å². The Hall–Kier alpha value is -3.33. The first kappa shape index (κ1) is 23.3. The summed E-state index contributed by atoms with van der Waals surface area (Å²) in [4.78, 5) is 11.7. The summed E-state index contributed by atoms with van der Waals surface area (Å²) in [7, 11) is -3.17. The lowest BCUT2D eigenvalue weighted by Gasteiger charge is -2.17. The SMILES string of the molecule is CCc1ccc(C(=O)OC)cc1S(=O)(=O)Nc1cc(C(F)(F)F)ccc1-c1ccccc1. The number of anilines is 1. The average Bonchev–Trinajstić information content (AvgIpc) is 2.77. The molecule has 0 aliphatic heterocycles. The minimum absolute atomic E-state index is 0.0115. The molecule has 0 fully saturated rings. The van der Waals surface area contributed by atoms with Crippen molar-refractivity contribution >= 4 is 21.7 Å². The number of alkyl halides is 3. The van der Waals surface area contributed by atoms with Crippen molar-refractivity contribution < 1.29 is 31.1 Å². The molecule has 1 N–H and O–H groups in total. The predicted molar refractivity (Wildman–Crippen MR) is 115 cm³/mol. The van der Waals surface area contributed by atoms with Crippen molar-refractivity contribution in [1.29, 1.82) is 0 Å². The summed E-state index contributed by atoms with van der Waals surface area (Å²) in [6.45, 7) is 1.73. The quantitative estimate of drug-likeness (QED) is 0.489. The number of methoxy groups -OCH3 is 1. The number of hydrogen-bond acceptors (Lipinski definition) is 4. The lowest BCUT2D eigenvalue weighted by atomic mass is 10.0. The van der Waals surface area contributed by atoms with Gasteiger partial charge < -0.3 is 4.74 Å². The average molecular weight is 463 g/mol. The van der Waals surface area contributed by atoms with Gasteiger partial charge in [0.15, 0.2) is 0 Å². The number of aryl methyl sites for hydroxylation is 1. The van der Waals surface area contributed by atoms with Crippen molar-refractivity contribution in [2.45, 2.75) is 24.4 Å². The number of nitrogens with one attached hydrogen (secondary N) is 1. The maximum atomic E-state index is 13.3. The van der Waals surface area contributed by atoms with E-state index in [0.29, 0.717) is 17.5 Å². The summed E-state index contributed by atoms with van der Waals surface area (Å²) in [5, 5.41) is 0. The number of carbonyl (C=O) groups excluding carboxylic acids is 1. The van der Waals surface area contributed by atoms with Crippen molar-refractivity contribution in [2.24, 2.45) is 0 Å². The van der Waals surface area contributed by atoms with Gasteiger partial charge in [-0.05, 0) is 41.8 Å². The molecule has 3 rings (SSSR count). The molecule has 0 amide bonds. The lowest BCUT2D eigenvalue weighted by Crippen LogP contribution is -2.17. The Balaban J connectivity index is 2.15. The van der Waals surface area contributed by atoms with Gasteiger partial charge in [0.2, 0.25) is 0 Å². The van der Waals surface area contributed by atoms with Crippen LogP contribution in [0.4, 0.5) is 18.9 Å². The minimum atomic E-state index is -4.66. The highest BCUT2D eigenvalue weighted by Gasteiger charge is 2.32. The summed E-state index contributed by atoms with van der Waals surface area (Å²) in [6.07, 6.45) is -4.33. The number of esters is 1. The molecule has 0 aliphatic carbocycles. The standard InChI is InChI=1S/C23H20F3NO4S/c1-3-15-9-10-17(22(28)31-2)13-21(15)32(29,30)27-20-14-18(23(24,25)26)11-12-19(20)16-7-5-4-6-8-16/h4-14,27H,3H2,1-2H3. The summed E-state index contributed by atoms with van der Waals surface area (Å²) in [5.74, 6) is -0.729. The van der Waals surface area contributed by atoms with Gasteiger partial charge in [-0.3, -0.25) is 4.72 Å². The van der Waals surface area contributed by atoms with Crippen LogP contribution in [0.3, 0.4) is 0 Å². The smallest absolute Gasteiger partial charge is 0.416 e. The van der Waals surface area contributed by atoms with Crippen molar-refractivity contribution in [3.05, 3.63) is 83.4 Å². The van der Waals surface area contributed by atoms with Crippen LogP contribution < -0.4 is 4.72 Å². The molecule has 0 radical (unpaired) electrons. The van der Waals surface area contributed by atoms with Gasteiger partial charge in [0.25, 0.3) is 10.0 Å². The maximum absolute atomic E-state index is 13.3. The zero-order chi connectivity index (χ0) is 23.5. The van der Waals surface area contributed by atoms with Gasteiger partial charge in [-0.1, -0.05) is 49.4 Å². The topological polar surface area (TPSA) is 72.5 Å². The van der Waals surface area contributed by atoms with Crippen molar-refractivity contribution in [3.63, 3.8) is 0 Å². The highest BCUT2D eigenvalue weighted by molar-refractivity contribution is 7.92. The molecular weight excluding hydrogens is 443 g/mol. The first-order chi connectivity index (χ1) is 15.1. The molecule has 0 aliphatic rings. The molecule has 0 heterocycles. The van der Waals surface area contributed by atoms with Crippen LogP contribution in [0.1, 0.15) is 28.4 Å². The molecule has 0 unspecified atom stereocenters. The molecule has 0 spiro atoms. The molecule has 3 aromatic rings. The molecule has 5 nitrogen and oxygen atoms in total. The van der Waals surface area contributed by atoms with Crippen LogP contribution >= 0.6 is 0 Å². The highest BCUT2D eigenvalue weighted by atomic mass is 32.2. The highest BCUT2D eigenvalue weighted by Crippen LogP contribution is 2.37. The lowest BCUT2D eigenvalue weighted by molar-refractivity contribution is -0.137. The molecule has 0 bridgehead atoms. The molecule has 9 heteroatoms. The van der Waals surface area contributed by atoms with E-state index in [2.05, 4.69) is 9.46 Å². The second kappa shape index (κ2) is 9.04. The molecule has 0 aromatic heterocycles. The third-order valence-corrected chi connectivity index (χ3v) is 6.28. The first-order valence-corrected chi connectivity index (χ1v) is 11.1. The maximum Gasteiger partial charge on any atom is 0.416 e. The second-order valence-corrected chi connectivity index (χ2v) is 8.55. The van der Waals surface area contributed by atoms with Crippen molar-refractivity contribution in [1.82, 2.24) is 0 Å². The fourth-order valence-electron chi connectivity index (χ4n) is 3.22. The second-order valence-electron chi connectivity index (χ2n) is 6.90. The van der Waals surface area contributed by atoms with Crippen LogP contribution in [0, 0.1) is 0 Å². The Labute approximate surface area is 183 Å². The van der Waals surface area contributed by atoms with E-state index in [4.69, 9.17) is 0 Å². The third-order valence-electron chi connectivity index (χ3n) is 4.83. The number of hydrogen-bond donors (Lipinski definition) is 1. The van der Waals surface area contributed by atoms with E-state index in [9.17, 15) is 26.4 Å². The van der Waals surface area contributed by atoms with Gasteiger partial charge in [-0.25, -0.2) is 13.2 Å². The Morgan fingerprint density at radius 1 is 1.00 bits per heavy atom. The summed E-state index contributed by atoms with van der Waals surface area (Å²) >= 11 is 0. The number of ether oxygens (including phenoxy) is 1. The summed E-state index contributed by atoms with van der Waals surface area (Å²) in [5.41, 5.74) is 0.0172. The Morgan fingerprint density at radius 3 is 2.28 bits per heavy atom.